The third-order valence-electron chi connectivity index (χ3n) is 5.10. The molecule has 6 heteroatoms. The minimum absolute atomic E-state index is 0.00706. The fourth-order valence-corrected chi connectivity index (χ4v) is 3.87. The smallest absolute Gasteiger partial charge is 0.275 e. The van der Waals surface area contributed by atoms with E-state index in [2.05, 4.69) is 5.10 Å². The zero-order chi connectivity index (χ0) is 16.5. The normalized spacial score (nSPS) is 23.9. The van der Waals surface area contributed by atoms with E-state index in [1.807, 2.05) is 23.1 Å². The molecule has 4 rings (SSSR count). The first-order valence-corrected chi connectivity index (χ1v) is 8.60. The zero-order valence-corrected chi connectivity index (χ0v) is 13.6. The molecule has 1 saturated carbocycles. The van der Waals surface area contributed by atoms with E-state index in [9.17, 15) is 9.59 Å². The summed E-state index contributed by atoms with van der Waals surface area (Å²) in [6, 6.07) is 7.47. The molecular formula is C18H21N3O3. The van der Waals surface area contributed by atoms with Crippen LogP contribution in [0.5, 0.6) is 0 Å². The molecule has 6 nitrogen and oxygen atoms in total. The molecule has 126 valence electrons. The van der Waals surface area contributed by atoms with Crippen molar-refractivity contribution in [1.29, 1.82) is 0 Å². The predicted octanol–water partition coefficient (Wildman–Crippen LogP) is 1.57. The Morgan fingerprint density at radius 1 is 1.25 bits per heavy atom. The van der Waals surface area contributed by atoms with E-state index in [4.69, 9.17) is 4.74 Å². The van der Waals surface area contributed by atoms with Gasteiger partial charge in [0.25, 0.3) is 5.56 Å². The first-order valence-electron chi connectivity index (χ1n) is 8.60. The second-order valence-electron chi connectivity index (χ2n) is 6.54. The van der Waals surface area contributed by atoms with Crippen LogP contribution in [0, 0.1) is 0 Å². The van der Waals surface area contributed by atoms with Gasteiger partial charge in [0.05, 0.1) is 30.3 Å². The number of aromatic nitrogens is 2. The number of ether oxygens (including phenoxy) is 1. The summed E-state index contributed by atoms with van der Waals surface area (Å²) < 4.78 is 7.09. The van der Waals surface area contributed by atoms with Crippen molar-refractivity contribution < 1.29 is 9.53 Å². The lowest BCUT2D eigenvalue weighted by molar-refractivity contribution is -0.150. The number of hydrogen-bond acceptors (Lipinski definition) is 4. The molecule has 2 atom stereocenters. The van der Waals surface area contributed by atoms with Crippen molar-refractivity contribution in [1.82, 2.24) is 14.7 Å². The molecule has 0 radical (unpaired) electrons. The van der Waals surface area contributed by atoms with Crippen LogP contribution in [0.15, 0.2) is 35.3 Å². The minimum atomic E-state index is -0.213. The number of hydrogen-bond donors (Lipinski definition) is 0. The highest BCUT2D eigenvalue weighted by Crippen LogP contribution is 2.28. The summed E-state index contributed by atoms with van der Waals surface area (Å²) >= 11 is 0. The maximum Gasteiger partial charge on any atom is 0.275 e. The number of carbonyl (C=O) groups is 1. The Kier molecular flexibility index (Phi) is 4.06. The number of fused-ring (bicyclic) bond motifs is 2. The maximum absolute atomic E-state index is 12.8. The topological polar surface area (TPSA) is 64.4 Å². The minimum Gasteiger partial charge on any atom is -0.374 e. The van der Waals surface area contributed by atoms with Gasteiger partial charge >= 0.3 is 0 Å². The lowest BCUT2D eigenvalue weighted by Gasteiger charge is -2.43. The molecule has 1 aromatic heterocycles. The summed E-state index contributed by atoms with van der Waals surface area (Å²) in [5.41, 5.74) is -0.213. The Bertz CT molecular complexity index is 815. The molecule has 0 N–H and O–H groups in total. The molecule has 2 fully saturated rings. The molecule has 2 heterocycles. The molecule has 2 unspecified atom stereocenters. The first-order chi connectivity index (χ1) is 11.7. The summed E-state index contributed by atoms with van der Waals surface area (Å²) in [6.07, 6.45) is 6.08. The molecule has 2 aromatic rings. The Morgan fingerprint density at radius 2 is 2.08 bits per heavy atom. The third-order valence-corrected chi connectivity index (χ3v) is 5.10. The van der Waals surface area contributed by atoms with Crippen LogP contribution in [0.4, 0.5) is 0 Å². The summed E-state index contributed by atoms with van der Waals surface area (Å²) in [5.74, 6) is -0.0416. The van der Waals surface area contributed by atoms with Gasteiger partial charge in [0.15, 0.2) is 0 Å². The van der Waals surface area contributed by atoms with Crippen LogP contribution < -0.4 is 5.56 Å². The predicted molar refractivity (Wildman–Crippen MR) is 89.7 cm³/mol. The van der Waals surface area contributed by atoms with Crippen LogP contribution in [0.25, 0.3) is 10.8 Å². The van der Waals surface area contributed by atoms with Gasteiger partial charge in [0.2, 0.25) is 5.91 Å². The van der Waals surface area contributed by atoms with Gasteiger partial charge in [-0.15, -0.1) is 0 Å². The van der Waals surface area contributed by atoms with E-state index in [1.165, 1.54) is 4.68 Å². The van der Waals surface area contributed by atoms with Gasteiger partial charge in [-0.1, -0.05) is 31.0 Å². The fourth-order valence-electron chi connectivity index (χ4n) is 3.87. The van der Waals surface area contributed by atoms with E-state index in [0.29, 0.717) is 18.5 Å². The van der Waals surface area contributed by atoms with Crippen molar-refractivity contribution in [3.63, 3.8) is 0 Å². The van der Waals surface area contributed by atoms with Gasteiger partial charge in [-0.3, -0.25) is 9.59 Å². The number of carbonyl (C=O) groups excluding carboxylic acids is 1. The van der Waals surface area contributed by atoms with Crippen molar-refractivity contribution in [2.45, 2.75) is 44.4 Å². The molecule has 24 heavy (non-hydrogen) atoms. The number of morpholine rings is 1. The lowest BCUT2D eigenvalue weighted by Crippen LogP contribution is -2.55. The monoisotopic (exact) mass is 327 g/mol. The van der Waals surface area contributed by atoms with Crippen LogP contribution in [-0.2, 0) is 16.1 Å². The number of nitrogens with zero attached hydrogens (tertiary/aromatic N) is 3. The standard InChI is InChI=1S/C18H21N3O3/c22-17(20-9-10-24-16-8-4-3-7-15(16)20)12-21-18(23)14-6-2-1-5-13(14)11-19-21/h1-2,5-6,11,15-16H,3-4,7-10,12H2. The Hall–Kier alpha value is -2.21. The molecule has 0 bridgehead atoms. The lowest BCUT2D eigenvalue weighted by atomic mass is 9.90. The van der Waals surface area contributed by atoms with E-state index in [1.54, 1.807) is 12.3 Å². The van der Waals surface area contributed by atoms with E-state index in [0.717, 1.165) is 31.1 Å². The van der Waals surface area contributed by atoms with Crippen molar-refractivity contribution in [2.75, 3.05) is 13.2 Å². The van der Waals surface area contributed by atoms with Crippen LogP contribution >= 0.6 is 0 Å². The van der Waals surface area contributed by atoms with E-state index < -0.39 is 0 Å². The van der Waals surface area contributed by atoms with Crippen LogP contribution in [0.3, 0.4) is 0 Å². The molecule has 1 amide bonds. The second kappa shape index (κ2) is 6.36. The van der Waals surface area contributed by atoms with Gasteiger partial charge in [-0.25, -0.2) is 4.68 Å². The average Bonchev–Trinajstić information content (AvgIpc) is 2.63. The van der Waals surface area contributed by atoms with E-state index >= 15 is 0 Å². The van der Waals surface area contributed by atoms with E-state index in [-0.39, 0.29) is 30.2 Å². The first kappa shape index (κ1) is 15.3. The summed E-state index contributed by atoms with van der Waals surface area (Å²) in [5, 5.41) is 5.56. The Morgan fingerprint density at radius 3 is 3.00 bits per heavy atom. The van der Waals surface area contributed by atoms with Gasteiger partial charge in [-0.2, -0.15) is 5.10 Å². The van der Waals surface area contributed by atoms with Crippen LogP contribution in [0.2, 0.25) is 0 Å². The molecular weight excluding hydrogens is 306 g/mol. The van der Waals surface area contributed by atoms with Crippen LogP contribution in [0.1, 0.15) is 25.7 Å². The third kappa shape index (κ3) is 2.71. The van der Waals surface area contributed by atoms with Gasteiger partial charge in [0, 0.05) is 11.9 Å². The molecule has 1 aromatic carbocycles. The summed E-state index contributed by atoms with van der Waals surface area (Å²) in [6.45, 7) is 1.17. The molecule has 1 saturated heterocycles. The maximum atomic E-state index is 12.8. The number of amides is 1. The Labute approximate surface area is 140 Å². The van der Waals surface area contributed by atoms with Crippen molar-refractivity contribution in [3.8, 4) is 0 Å². The highest BCUT2D eigenvalue weighted by molar-refractivity contribution is 5.81. The van der Waals surface area contributed by atoms with Crippen molar-refractivity contribution in [2.24, 2.45) is 0 Å². The van der Waals surface area contributed by atoms with Crippen molar-refractivity contribution >= 4 is 16.7 Å². The number of benzene rings is 1. The highest BCUT2D eigenvalue weighted by atomic mass is 16.5. The largest absolute Gasteiger partial charge is 0.374 e. The second-order valence-corrected chi connectivity index (χ2v) is 6.54. The molecule has 1 aliphatic carbocycles. The van der Waals surface area contributed by atoms with Gasteiger partial charge in [-0.05, 0) is 18.9 Å². The molecule has 2 aliphatic rings. The Balaban J connectivity index is 1.57. The zero-order valence-electron chi connectivity index (χ0n) is 13.6. The highest BCUT2D eigenvalue weighted by Gasteiger charge is 2.36. The summed E-state index contributed by atoms with van der Waals surface area (Å²) in [7, 11) is 0. The number of rotatable bonds is 2. The quantitative estimate of drug-likeness (QED) is 0.840. The molecule has 0 spiro atoms. The van der Waals surface area contributed by atoms with Gasteiger partial charge in [0.1, 0.15) is 6.54 Å². The molecule has 1 aliphatic heterocycles. The SMILES string of the molecule is O=C(Cn1ncc2ccccc2c1=O)N1CCOC2CCCCC21. The summed E-state index contributed by atoms with van der Waals surface area (Å²) in [4.78, 5) is 27.2. The van der Waals surface area contributed by atoms with Crippen molar-refractivity contribution in [3.05, 3.63) is 40.8 Å². The fraction of sp³-hybridized carbons (Fsp3) is 0.500. The van der Waals surface area contributed by atoms with Gasteiger partial charge < -0.3 is 9.64 Å². The average molecular weight is 327 g/mol. The van der Waals surface area contributed by atoms with Crippen LogP contribution in [-0.4, -0.2) is 45.9 Å².